The van der Waals surface area contributed by atoms with Gasteiger partial charge in [-0.25, -0.2) is 0 Å². The normalized spacial score (nSPS) is 12.7. The standard InChI is InChI=1S/C22H29ClO3/c1-4-19(24)16-26-21-12-8-18(9-13-21)22(2,3)17-6-10-20(11-7-17)25-15-5-14-23/h6-13,19,24H,4-5,14-16H2,1-3H3. The second-order valence-corrected chi connectivity index (χ2v) is 7.32. The Balaban J connectivity index is 2.04. The maximum absolute atomic E-state index is 9.60. The number of benzene rings is 2. The Labute approximate surface area is 161 Å². The molecule has 2 rings (SSSR count). The summed E-state index contributed by atoms with van der Waals surface area (Å²) in [5.41, 5.74) is 2.30. The Morgan fingerprint density at radius 3 is 1.88 bits per heavy atom. The summed E-state index contributed by atoms with van der Waals surface area (Å²) in [5, 5.41) is 9.60. The van der Waals surface area contributed by atoms with Crippen LogP contribution in [-0.4, -0.2) is 30.3 Å². The summed E-state index contributed by atoms with van der Waals surface area (Å²) in [7, 11) is 0. The van der Waals surface area contributed by atoms with E-state index in [1.165, 1.54) is 11.1 Å². The number of alkyl halides is 1. The van der Waals surface area contributed by atoms with Crippen LogP contribution in [0.1, 0.15) is 44.7 Å². The summed E-state index contributed by atoms with van der Waals surface area (Å²) in [6.07, 6.45) is 1.12. The number of rotatable bonds is 10. The summed E-state index contributed by atoms with van der Waals surface area (Å²) < 4.78 is 11.3. The molecule has 2 aromatic carbocycles. The molecule has 0 spiro atoms. The van der Waals surface area contributed by atoms with Crippen molar-refractivity contribution >= 4 is 11.6 Å². The molecule has 1 atom stereocenters. The molecule has 2 aromatic rings. The van der Waals surface area contributed by atoms with Crippen molar-refractivity contribution in [2.45, 2.75) is 45.1 Å². The summed E-state index contributed by atoms with van der Waals surface area (Å²) >= 11 is 5.67. The van der Waals surface area contributed by atoms with E-state index in [0.29, 0.717) is 25.5 Å². The van der Waals surface area contributed by atoms with Gasteiger partial charge in [-0.15, -0.1) is 11.6 Å². The minimum Gasteiger partial charge on any atom is -0.494 e. The number of aliphatic hydroxyl groups excluding tert-OH is 1. The fourth-order valence-electron chi connectivity index (χ4n) is 2.66. The van der Waals surface area contributed by atoms with Crippen molar-refractivity contribution in [1.82, 2.24) is 0 Å². The largest absolute Gasteiger partial charge is 0.494 e. The van der Waals surface area contributed by atoms with E-state index in [0.717, 1.165) is 17.9 Å². The summed E-state index contributed by atoms with van der Waals surface area (Å²) in [4.78, 5) is 0. The Kier molecular flexibility index (Phi) is 7.80. The van der Waals surface area contributed by atoms with Crippen molar-refractivity contribution < 1.29 is 14.6 Å². The fraction of sp³-hybridized carbons (Fsp3) is 0.455. The molecule has 3 nitrogen and oxygen atoms in total. The van der Waals surface area contributed by atoms with Crippen molar-refractivity contribution in [2.24, 2.45) is 0 Å². The zero-order valence-corrected chi connectivity index (χ0v) is 16.6. The molecule has 0 saturated heterocycles. The van der Waals surface area contributed by atoms with Crippen LogP contribution in [0.4, 0.5) is 0 Å². The number of hydrogen-bond acceptors (Lipinski definition) is 3. The van der Waals surface area contributed by atoms with Crippen LogP contribution in [-0.2, 0) is 5.41 Å². The van der Waals surface area contributed by atoms with Crippen LogP contribution < -0.4 is 9.47 Å². The summed E-state index contributed by atoms with van der Waals surface area (Å²) in [6.45, 7) is 7.30. The van der Waals surface area contributed by atoms with Gasteiger partial charge in [-0.3, -0.25) is 0 Å². The van der Waals surface area contributed by atoms with Crippen molar-refractivity contribution in [3.05, 3.63) is 59.7 Å². The Morgan fingerprint density at radius 2 is 1.42 bits per heavy atom. The lowest BCUT2D eigenvalue weighted by atomic mass is 9.78. The van der Waals surface area contributed by atoms with Crippen LogP contribution in [0.5, 0.6) is 11.5 Å². The third-order valence-corrected chi connectivity index (χ3v) is 4.88. The van der Waals surface area contributed by atoms with Crippen molar-refractivity contribution in [3.8, 4) is 11.5 Å². The molecule has 0 saturated carbocycles. The highest BCUT2D eigenvalue weighted by atomic mass is 35.5. The van der Waals surface area contributed by atoms with E-state index >= 15 is 0 Å². The van der Waals surface area contributed by atoms with Crippen LogP contribution in [0.3, 0.4) is 0 Å². The molecule has 0 aliphatic heterocycles. The van der Waals surface area contributed by atoms with E-state index in [1.807, 2.05) is 31.2 Å². The molecular weight excluding hydrogens is 348 g/mol. The first-order chi connectivity index (χ1) is 12.5. The molecule has 0 aromatic heterocycles. The first-order valence-corrected chi connectivity index (χ1v) is 9.71. The average Bonchev–Trinajstić information content (AvgIpc) is 2.67. The molecule has 0 heterocycles. The molecule has 4 heteroatoms. The van der Waals surface area contributed by atoms with Gasteiger partial charge in [0.05, 0.1) is 12.7 Å². The first-order valence-electron chi connectivity index (χ1n) is 9.18. The van der Waals surface area contributed by atoms with Crippen LogP contribution in [0, 0.1) is 0 Å². The molecule has 0 radical (unpaired) electrons. The summed E-state index contributed by atoms with van der Waals surface area (Å²) in [5.74, 6) is 2.26. The van der Waals surface area contributed by atoms with Gasteiger partial charge >= 0.3 is 0 Å². The highest BCUT2D eigenvalue weighted by Gasteiger charge is 2.23. The van der Waals surface area contributed by atoms with Gasteiger partial charge in [0, 0.05) is 11.3 Å². The monoisotopic (exact) mass is 376 g/mol. The van der Waals surface area contributed by atoms with Crippen LogP contribution in [0.15, 0.2) is 48.5 Å². The molecule has 0 aliphatic carbocycles. The van der Waals surface area contributed by atoms with Crippen LogP contribution in [0.2, 0.25) is 0 Å². The topological polar surface area (TPSA) is 38.7 Å². The molecule has 26 heavy (non-hydrogen) atoms. The lowest BCUT2D eigenvalue weighted by Crippen LogP contribution is -2.19. The maximum Gasteiger partial charge on any atom is 0.119 e. The fourth-order valence-corrected chi connectivity index (χ4v) is 2.77. The predicted molar refractivity (Wildman–Crippen MR) is 108 cm³/mol. The van der Waals surface area contributed by atoms with Gasteiger partial charge in [-0.05, 0) is 48.2 Å². The second kappa shape index (κ2) is 9.84. The van der Waals surface area contributed by atoms with Gasteiger partial charge in [0.25, 0.3) is 0 Å². The highest BCUT2D eigenvalue weighted by Crippen LogP contribution is 2.33. The lowest BCUT2D eigenvalue weighted by Gasteiger charge is -2.26. The molecule has 142 valence electrons. The third-order valence-electron chi connectivity index (χ3n) is 4.61. The number of hydrogen-bond donors (Lipinski definition) is 1. The first kappa shape index (κ1) is 20.6. The molecule has 0 fully saturated rings. The van der Waals surface area contributed by atoms with E-state index in [-0.39, 0.29) is 5.41 Å². The van der Waals surface area contributed by atoms with Gasteiger partial charge < -0.3 is 14.6 Å². The average molecular weight is 377 g/mol. The van der Waals surface area contributed by atoms with Crippen LogP contribution >= 0.6 is 11.6 Å². The van der Waals surface area contributed by atoms with Gasteiger partial charge in [0.2, 0.25) is 0 Å². The molecule has 1 N–H and O–H groups in total. The Morgan fingerprint density at radius 1 is 0.923 bits per heavy atom. The van der Waals surface area contributed by atoms with E-state index in [1.54, 1.807) is 0 Å². The molecule has 0 amide bonds. The number of halogens is 1. The number of ether oxygens (including phenoxy) is 2. The van der Waals surface area contributed by atoms with Gasteiger partial charge in [-0.2, -0.15) is 0 Å². The number of aliphatic hydroxyl groups is 1. The molecule has 0 aliphatic rings. The molecule has 1 unspecified atom stereocenters. The quantitative estimate of drug-likeness (QED) is 0.459. The lowest BCUT2D eigenvalue weighted by molar-refractivity contribution is 0.104. The van der Waals surface area contributed by atoms with Crippen molar-refractivity contribution in [3.63, 3.8) is 0 Å². The van der Waals surface area contributed by atoms with E-state index in [2.05, 4.69) is 38.1 Å². The Bertz CT molecular complexity index is 650. The molecule has 0 bridgehead atoms. The van der Waals surface area contributed by atoms with E-state index in [4.69, 9.17) is 21.1 Å². The summed E-state index contributed by atoms with van der Waals surface area (Å²) in [6, 6.07) is 16.3. The second-order valence-electron chi connectivity index (χ2n) is 6.94. The molecular formula is C22H29ClO3. The van der Waals surface area contributed by atoms with Crippen molar-refractivity contribution in [2.75, 3.05) is 19.1 Å². The van der Waals surface area contributed by atoms with Gasteiger partial charge in [0.1, 0.15) is 18.1 Å². The SMILES string of the molecule is CCC(O)COc1ccc(C(C)(C)c2ccc(OCCCCl)cc2)cc1. The van der Waals surface area contributed by atoms with E-state index < -0.39 is 6.10 Å². The Hall–Kier alpha value is -1.71. The maximum atomic E-state index is 9.60. The van der Waals surface area contributed by atoms with Crippen molar-refractivity contribution in [1.29, 1.82) is 0 Å². The van der Waals surface area contributed by atoms with Crippen LogP contribution in [0.25, 0.3) is 0 Å². The highest BCUT2D eigenvalue weighted by molar-refractivity contribution is 6.17. The predicted octanol–water partition coefficient (Wildman–Crippen LogP) is 5.17. The van der Waals surface area contributed by atoms with E-state index in [9.17, 15) is 5.11 Å². The smallest absolute Gasteiger partial charge is 0.119 e. The van der Waals surface area contributed by atoms with Gasteiger partial charge in [-0.1, -0.05) is 45.0 Å². The zero-order valence-electron chi connectivity index (χ0n) is 15.9. The minimum atomic E-state index is -0.420. The minimum absolute atomic E-state index is 0.129. The third kappa shape index (κ3) is 5.65. The zero-order chi connectivity index (χ0) is 19.0. The van der Waals surface area contributed by atoms with Gasteiger partial charge in [0.15, 0.2) is 0 Å².